The Hall–Kier alpha value is -1.61. The third kappa shape index (κ3) is 3.04. The van der Waals surface area contributed by atoms with Gasteiger partial charge >= 0.3 is 0 Å². The highest BCUT2D eigenvalue weighted by Gasteiger charge is 2.30. The third-order valence-corrected chi connectivity index (χ3v) is 3.55. The highest BCUT2D eigenvalue weighted by Crippen LogP contribution is 2.29. The summed E-state index contributed by atoms with van der Waals surface area (Å²) in [5, 5.41) is 15.3. The van der Waals surface area contributed by atoms with E-state index in [9.17, 15) is 5.11 Å². The van der Waals surface area contributed by atoms with Crippen LogP contribution < -0.4 is 0 Å². The van der Waals surface area contributed by atoms with E-state index >= 15 is 0 Å². The molecule has 0 amide bonds. The first-order valence-corrected chi connectivity index (χ1v) is 6.98. The number of aliphatic hydroxyl groups is 1. The number of hydrogen-bond acceptors (Lipinski definition) is 2. The lowest BCUT2D eigenvalue weighted by molar-refractivity contribution is 0.0234. The molecule has 2 aromatic rings. The summed E-state index contributed by atoms with van der Waals surface area (Å²) >= 11 is 0. The Bertz CT molecular complexity index is 506. The summed E-state index contributed by atoms with van der Waals surface area (Å²) in [5.74, 6) is 0. The molecule has 0 radical (unpaired) electrons. The molecular formula is C16H22N2O. The average Bonchev–Trinajstić information content (AvgIpc) is 2.89. The second-order valence-electron chi connectivity index (χ2n) is 4.99. The minimum absolute atomic E-state index is 0.625. The van der Waals surface area contributed by atoms with Gasteiger partial charge in [0.05, 0.1) is 5.69 Å². The largest absolute Gasteiger partial charge is 0.383 e. The Kier molecular flexibility index (Phi) is 4.38. The first-order valence-electron chi connectivity index (χ1n) is 6.98. The van der Waals surface area contributed by atoms with Crippen LogP contribution >= 0.6 is 0 Å². The van der Waals surface area contributed by atoms with Crippen LogP contribution in [-0.4, -0.2) is 14.9 Å². The van der Waals surface area contributed by atoms with E-state index in [4.69, 9.17) is 0 Å². The zero-order chi connectivity index (χ0) is 13.7. The van der Waals surface area contributed by atoms with E-state index < -0.39 is 5.60 Å². The Labute approximate surface area is 114 Å². The standard InChI is InChI=1S/C16H22N2O/c1-3-12-18-15(10-11-17-18)16(19,4-2)13-14-8-6-5-7-9-14/h5-11,19H,3-4,12-13H2,1-2H3. The van der Waals surface area contributed by atoms with Gasteiger partial charge in [0, 0.05) is 19.2 Å². The molecule has 3 heteroatoms. The smallest absolute Gasteiger partial charge is 0.110 e. The lowest BCUT2D eigenvalue weighted by atomic mass is 9.88. The Morgan fingerprint density at radius 2 is 1.89 bits per heavy atom. The summed E-state index contributed by atoms with van der Waals surface area (Å²) in [5.41, 5.74) is 1.23. The van der Waals surface area contributed by atoms with Crippen molar-refractivity contribution in [3.8, 4) is 0 Å². The van der Waals surface area contributed by atoms with Crippen LogP contribution in [0.4, 0.5) is 0 Å². The topological polar surface area (TPSA) is 38.0 Å². The van der Waals surface area contributed by atoms with Crippen molar-refractivity contribution >= 4 is 0 Å². The molecule has 0 saturated carbocycles. The van der Waals surface area contributed by atoms with Gasteiger partial charge in [0.2, 0.25) is 0 Å². The molecule has 1 aromatic carbocycles. The van der Waals surface area contributed by atoms with Gasteiger partial charge in [0.15, 0.2) is 0 Å². The number of aryl methyl sites for hydroxylation is 1. The van der Waals surface area contributed by atoms with E-state index in [-0.39, 0.29) is 0 Å². The van der Waals surface area contributed by atoms with Crippen molar-refractivity contribution < 1.29 is 5.11 Å². The quantitative estimate of drug-likeness (QED) is 0.864. The van der Waals surface area contributed by atoms with E-state index in [1.165, 1.54) is 0 Å². The van der Waals surface area contributed by atoms with E-state index in [2.05, 4.69) is 24.2 Å². The van der Waals surface area contributed by atoms with Crippen molar-refractivity contribution in [2.45, 2.75) is 45.3 Å². The van der Waals surface area contributed by atoms with Gasteiger partial charge in [-0.1, -0.05) is 44.2 Å². The Balaban J connectivity index is 2.28. The zero-order valence-electron chi connectivity index (χ0n) is 11.7. The van der Waals surface area contributed by atoms with Gasteiger partial charge in [0.25, 0.3) is 0 Å². The second-order valence-corrected chi connectivity index (χ2v) is 4.99. The molecule has 3 nitrogen and oxygen atoms in total. The molecule has 1 N–H and O–H groups in total. The maximum absolute atomic E-state index is 11.0. The first kappa shape index (κ1) is 13.8. The Morgan fingerprint density at radius 1 is 1.16 bits per heavy atom. The summed E-state index contributed by atoms with van der Waals surface area (Å²) < 4.78 is 1.92. The van der Waals surface area contributed by atoms with Crippen molar-refractivity contribution in [2.24, 2.45) is 0 Å². The molecule has 19 heavy (non-hydrogen) atoms. The predicted molar refractivity (Wildman–Crippen MR) is 76.9 cm³/mol. The fourth-order valence-corrected chi connectivity index (χ4v) is 2.45. The van der Waals surface area contributed by atoms with Crippen LogP contribution in [0, 0.1) is 0 Å². The van der Waals surface area contributed by atoms with E-state index in [1.54, 1.807) is 6.20 Å². The van der Waals surface area contributed by atoms with Gasteiger partial charge in [-0.3, -0.25) is 4.68 Å². The summed E-state index contributed by atoms with van der Waals surface area (Å²) in [6, 6.07) is 12.1. The summed E-state index contributed by atoms with van der Waals surface area (Å²) in [7, 11) is 0. The molecular weight excluding hydrogens is 236 g/mol. The molecule has 0 saturated heterocycles. The third-order valence-electron chi connectivity index (χ3n) is 3.55. The molecule has 0 aliphatic heterocycles. The summed E-state index contributed by atoms with van der Waals surface area (Å²) in [6.07, 6.45) is 4.09. The molecule has 1 aromatic heterocycles. The van der Waals surface area contributed by atoms with Crippen LogP contribution in [0.25, 0.3) is 0 Å². The van der Waals surface area contributed by atoms with Crippen molar-refractivity contribution in [2.75, 3.05) is 0 Å². The van der Waals surface area contributed by atoms with Crippen LogP contribution in [0.1, 0.15) is 37.9 Å². The second kappa shape index (κ2) is 6.02. The number of nitrogens with zero attached hydrogens (tertiary/aromatic N) is 2. The molecule has 1 atom stereocenters. The van der Waals surface area contributed by atoms with Gasteiger partial charge < -0.3 is 5.11 Å². The maximum Gasteiger partial charge on any atom is 0.110 e. The van der Waals surface area contributed by atoms with Gasteiger partial charge in [-0.05, 0) is 24.5 Å². The van der Waals surface area contributed by atoms with Gasteiger partial charge in [-0.2, -0.15) is 5.10 Å². The summed E-state index contributed by atoms with van der Waals surface area (Å²) in [6.45, 7) is 4.99. The van der Waals surface area contributed by atoms with E-state index in [1.807, 2.05) is 35.9 Å². The summed E-state index contributed by atoms with van der Waals surface area (Å²) in [4.78, 5) is 0. The lowest BCUT2D eigenvalue weighted by Gasteiger charge is -2.28. The van der Waals surface area contributed by atoms with Crippen molar-refractivity contribution in [1.29, 1.82) is 0 Å². The molecule has 1 heterocycles. The van der Waals surface area contributed by atoms with E-state index in [0.29, 0.717) is 12.8 Å². The van der Waals surface area contributed by atoms with Crippen LogP contribution in [0.5, 0.6) is 0 Å². The maximum atomic E-state index is 11.0. The number of benzene rings is 1. The number of hydrogen-bond donors (Lipinski definition) is 1. The highest BCUT2D eigenvalue weighted by molar-refractivity contribution is 5.21. The van der Waals surface area contributed by atoms with Crippen LogP contribution in [0.15, 0.2) is 42.6 Å². The normalized spacial score (nSPS) is 14.3. The molecule has 2 rings (SSSR count). The lowest BCUT2D eigenvalue weighted by Crippen LogP contribution is -2.31. The van der Waals surface area contributed by atoms with Crippen LogP contribution in [-0.2, 0) is 18.6 Å². The molecule has 1 unspecified atom stereocenters. The monoisotopic (exact) mass is 258 g/mol. The number of rotatable bonds is 6. The molecule has 0 bridgehead atoms. The first-order chi connectivity index (χ1) is 9.19. The minimum atomic E-state index is -0.840. The minimum Gasteiger partial charge on any atom is -0.383 e. The molecule has 0 aliphatic rings. The van der Waals surface area contributed by atoms with Crippen LogP contribution in [0.2, 0.25) is 0 Å². The van der Waals surface area contributed by atoms with Gasteiger partial charge in [0.1, 0.15) is 5.60 Å². The van der Waals surface area contributed by atoms with E-state index in [0.717, 1.165) is 24.2 Å². The number of aromatic nitrogens is 2. The van der Waals surface area contributed by atoms with Crippen LogP contribution in [0.3, 0.4) is 0 Å². The SMILES string of the molecule is CCCn1nccc1C(O)(CC)Cc1ccccc1. The molecule has 0 fully saturated rings. The Morgan fingerprint density at radius 3 is 2.53 bits per heavy atom. The van der Waals surface area contributed by atoms with Crippen molar-refractivity contribution in [3.63, 3.8) is 0 Å². The average molecular weight is 258 g/mol. The molecule has 0 spiro atoms. The molecule has 102 valence electrons. The fourth-order valence-electron chi connectivity index (χ4n) is 2.45. The molecule has 0 aliphatic carbocycles. The zero-order valence-corrected chi connectivity index (χ0v) is 11.7. The highest BCUT2D eigenvalue weighted by atomic mass is 16.3. The van der Waals surface area contributed by atoms with Gasteiger partial charge in [-0.25, -0.2) is 0 Å². The van der Waals surface area contributed by atoms with Crippen molar-refractivity contribution in [1.82, 2.24) is 9.78 Å². The predicted octanol–water partition coefficient (Wildman–Crippen LogP) is 3.13. The van der Waals surface area contributed by atoms with Crippen molar-refractivity contribution in [3.05, 3.63) is 53.9 Å². The van der Waals surface area contributed by atoms with Gasteiger partial charge in [-0.15, -0.1) is 0 Å². The fraction of sp³-hybridized carbons (Fsp3) is 0.438.